The first kappa shape index (κ1) is 15.3. The summed E-state index contributed by atoms with van der Waals surface area (Å²) in [5.41, 5.74) is 3.10. The van der Waals surface area contributed by atoms with Crippen molar-refractivity contribution in [1.29, 1.82) is 0 Å². The summed E-state index contributed by atoms with van der Waals surface area (Å²) >= 11 is 0. The molecule has 0 saturated heterocycles. The zero-order chi connectivity index (χ0) is 16.6. The van der Waals surface area contributed by atoms with Crippen molar-refractivity contribution in [2.75, 3.05) is 7.05 Å². The lowest BCUT2D eigenvalue weighted by atomic mass is 9.80. The molecule has 0 spiro atoms. The molecular formula is C19H19NO3. The van der Waals surface area contributed by atoms with Crippen LogP contribution in [0.5, 0.6) is 0 Å². The zero-order valence-corrected chi connectivity index (χ0v) is 13.2. The second kappa shape index (κ2) is 5.88. The Hall–Kier alpha value is -2.62. The van der Waals surface area contributed by atoms with E-state index in [4.69, 9.17) is 0 Å². The number of carbonyl (C=O) groups is 2. The summed E-state index contributed by atoms with van der Waals surface area (Å²) < 4.78 is 0. The number of hydrogen-bond donors (Lipinski definition) is 1. The molecule has 3 rings (SSSR count). The minimum Gasteiger partial charge on any atom is -0.481 e. The van der Waals surface area contributed by atoms with Gasteiger partial charge in [-0.1, -0.05) is 49.4 Å². The molecule has 0 saturated carbocycles. The van der Waals surface area contributed by atoms with Gasteiger partial charge in [-0.25, -0.2) is 0 Å². The van der Waals surface area contributed by atoms with Gasteiger partial charge in [0.25, 0.3) is 5.91 Å². The molecule has 0 aliphatic carbocycles. The zero-order valence-electron chi connectivity index (χ0n) is 13.2. The summed E-state index contributed by atoms with van der Waals surface area (Å²) in [6, 6.07) is 14.3. The van der Waals surface area contributed by atoms with Crippen molar-refractivity contribution in [3.05, 3.63) is 70.8 Å². The summed E-state index contributed by atoms with van der Waals surface area (Å²) in [4.78, 5) is 26.1. The maximum atomic E-state index is 12.6. The molecule has 2 aromatic carbocycles. The van der Waals surface area contributed by atoms with Crippen LogP contribution in [0.3, 0.4) is 0 Å². The van der Waals surface area contributed by atoms with Crippen LogP contribution in [-0.4, -0.2) is 28.9 Å². The number of amides is 1. The van der Waals surface area contributed by atoms with Crippen molar-refractivity contribution in [1.82, 2.24) is 4.90 Å². The number of rotatable bonds is 3. The first-order chi connectivity index (χ1) is 11.0. The highest BCUT2D eigenvalue weighted by Gasteiger charge is 2.42. The van der Waals surface area contributed by atoms with E-state index in [1.54, 1.807) is 36.2 Å². The highest BCUT2D eigenvalue weighted by atomic mass is 16.4. The van der Waals surface area contributed by atoms with Crippen LogP contribution in [0, 0.1) is 0 Å². The number of carboxylic acids is 1. The third kappa shape index (κ3) is 2.50. The van der Waals surface area contributed by atoms with Gasteiger partial charge in [0.15, 0.2) is 0 Å². The van der Waals surface area contributed by atoms with Crippen molar-refractivity contribution >= 4 is 11.9 Å². The average molecular weight is 309 g/mol. The van der Waals surface area contributed by atoms with Gasteiger partial charge < -0.3 is 10.0 Å². The third-order valence-corrected chi connectivity index (χ3v) is 4.58. The molecule has 23 heavy (non-hydrogen) atoms. The second-order valence-electron chi connectivity index (χ2n) is 5.86. The Morgan fingerprint density at radius 1 is 1.13 bits per heavy atom. The van der Waals surface area contributed by atoms with Crippen LogP contribution in [-0.2, 0) is 11.2 Å². The van der Waals surface area contributed by atoms with Gasteiger partial charge in [0.2, 0.25) is 0 Å². The summed E-state index contributed by atoms with van der Waals surface area (Å²) in [7, 11) is 1.67. The molecule has 0 fully saturated rings. The normalized spacial score (nSPS) is 20.3. The molecule has 2 atom stereocenters. The van der Waals surface area contributed by atoms with E-state index >= 15 is 0 Å². The molecule has 1 N–H and O–H groups in total. The molecule has 0 unspecified atom stereocenters. The van der Waals surface area contributed by atoms with E-state index in [0.717, 1.165) is 12.0 Å². The fourth-order valence-electron chi connectivity index (χ4n) is 3.31. The molecule has 1 aliphatic heterocycles. The Morgan fingerprint density at radius 3 is 2.39 bits per heavy atom. The predicted molar refractivity (Wildman–Crippen MR) is 87.5 cm³/mol. The van der Waals surface area contributed by atoms with E-state index in [2.05, 4.69) is 6.92 Å². The molecular weight excluding hydrogens is 290 g/mol. The Kier molecular flexibility index (Phi) is 3.90. The quantitative estimate of drug-likeness (QED) is 0.947. The molecule has 4 heteroatoms. The number of aryl methyl sites for hydroxylation is 1. The minimum atomic E-state index is -0.915. The van der Waals surface area contributed by atoms with Crippen LogP contribution in [0.4, 0.5) is 0 Å². The molecule has 2 aromatic rings. The van der Waals surface area contributed by atoms with Crippen LogP contribution in [0.15, 0.2) is 48.5 Å². The molecule has 0 aromatic heterocycles. The van der Waals surface area contributed by atoms with Crippen molar-refractivity contribution in [3.63, 3.8) is 0 Å². The highest BCUT2D eigenvalue weighted by molar-refractivity contribution is 6.00. The summed E-state index contributed by atoms with van der Waals surface area (Å²) in [6.45, 7) is 2.07. The van der Waals surface area contributed by atoms with Crippen LogP contribution >= 0.6 is 0 Å². The average Bonchev–Trinajstić information content (AvgIpc) is 2.57. The van der Waals surface area contributed by atoms with Gasteiger partial charge in [-0.2, -0.15) is 0 Å². The van der Waals surface area contributed by atoms with Gasteiger partial charge in [-0.3, -0.25) is 9.59 Å². The van der Waals surface area contributed by atoms with E-state index in [9.17, 15) is 14.7 Å². The van der Waals surface area contributed by atoms with Crippen LogP contribution in [0.2, 0.25) is 0 Å². The largest absolute Gasteiger partial charge is 0.481 e. The van der Waals surface area contributed by atoms with E-state index in [1.165, 1.54) is 5.56 Å². The van der Waals surface area contributed by atoms with Crippen molar-refractivity contribution in [2.24, 2.45) is 0 Å². The van der Waals surface area contributed by atoms with E-state index < -0.39 is 17.9 Å². The molecule has 1 amide bonds. The molecule has 118 valence electrons. The number of nitrogens with zero attached hydrogens (tertiary/aromatic N) is 1. The van der Waals surface area contributed by atoms with Gasteiger partial charge in [-0.15, -0.1) is 0 Å². The third-order valence-electron chi connectivity index (χ3n) is 4.58. The maximum absolute atomic E-state index is 12.6. The number of fused-ring (bicyclic) bond motifs is 1. The van der Waals surface area contributed by atoms with Gasteiger partial charge in [0.05, 0.1) is 6.04 Å². The Morgan fingerprint density at radius 2 is 1.78 bits per heavy atom. The first-order valence-electron chi connectivity index (χ1n) is 7.72. The lowest BCUT2D eigenvalue weighted by molar-refractivity contribution is -0.140. The predicted octanol–water partition coefficient (Wildman–Crippen LogP) is 3.24. The van der Waals surface area contributed by atoms with E-state index in [1.807, 2.05) is 24.3 Å². The SMILES string of the molecule is CCc1ccc([C@@H]2[C@@H](C(=O)O)c3ccccc3C(=O)N2C)cc1. The van der Waals surface area contributed by atoms with Gasteiger partial charge in [0, 0.05) is 12.6 Å². The standard InChI is InChI=1S/C19H19NO3/c1-3-12-8-10-13(11-9-12)17-16(19(22)23)14-6-4-5-7-15(14)18(21)20(17)2/h4-11,16-17H,3H2,1-2H3,(H,22,23)/t16-,17+/m0/s1. The second-order valence-corrected chi connectivity index (χ2v) is 5.86. The Balaban J connectivity index is 2.14. The Labute approximate surface area is 135 Å². The van der Waals surface area contributed by atoms with Crippen LogP contribution in [0.25, 0.3) is 0 Å². The van der Waals surface area contributed by atoms with E-state index in [0.29, 0.717) is 11.1 Å². The van der Waals surface area contributed by atoms with Crippen LogP contribution < -0.4 is 0 Å². The molecule has 1 heterocycles. The summed E-state index contributed by atoms with van der Waals surface area (Å²) in [5.74, 6) is -1.81. The first-order valence-corrected chi connectivity index (χ1v) is 7.72. The van der Waals surface area contributed by atoms with Crippen LogP contribution in [0.1, 0.15) is 45.9 Å². The van der Waals surface area contributed by atoms with Crippen molar-refractivity contribution in [2.45, 2.75) is 25.3 Å². The number of carboxylic acid groups (broad SMARTS) is 1. The topological polar surface area (TPSA) is 57.6 Å². The lowest BCUT2D eigenvalue weighted by Crippen LogP contribution is -2.42. The molecule has 1 aliphatic rings. The summed E-state index contributed by atoms with van der Waals surface area (Å²) in [5, 5.41) is 9.78. The minimum absolute atomic E-state index is 0.136. The van der Waals surface area contributed by atoms with Crippen molar-refractivity contribution < 1.29 is 14.7 Å². The number of carbonyl (C=O) groups excluding carboxylic acids is 1. The van der Waals surface area contributed by atoms with Crippen molar-refractivity contribution in [3.8, 4) is 0 Å². The smallest absolute Gasteiger partial charge is 0.313 e. The Bertz CT molecular complexity index is 751. The monoisotopic (exact) mass is 309 g/mol. The molecule has 0 bridgehead atoms. The highest BCUT2D eigenvalue weighted by Crippen LogP contribution is 2.41. The molecule has 0 radical (unpaired) electrons. The number of aliphatic carboxylic acids is 1. The molecule has 4 nitrogen and oxygen atoms in total. The van der Waals surface area contributed by atoms with Gasteiger partial charge in [0.1, 0.15) is 5.92 Å². The van der Waals surface area contributed by atoms with Gasteiger partial charge >= 0.3 is 5.97 Å². The van der Waals surface area contributed by atoms with Gasteiger partial charge in [-0.05, 0) is 29.2 Å². The van der Waals surface area contributed by atoms with E-state index in [-0.39, 0.29) is 5.91 Å². The number of benzene rings is 2. The number of hydrogen-bond acceptors (Lipinski definition) is 2. The number of likely N-dealkylation sites (N-methyl/N-ethyl adjacent to an activating group) is 1. The fraction of sp³-hybridized carbons (Fsp3) is 0.263. The maximum Gasteiger partial charge on any atom is 0.313 e. The fourth-order valence-corrected chi connectivity index (χ4v) is 3.31. The lowest BCUT2D eigenvalue weighted by Gasteiger charge is -2.38. The summed E-state index contributed by atoms with van der Waals surface area (Å²) in [6.07, 6.45) is 0.922.